The van der Waals surface area contributed by atoms with Crippen molar-refractivity contribution < 1.29 is 80.2 Å². The lowest BCUT2D eigenvalue weighted by Gasteiger charge is -2.21. The molecule has 0 aromatic heterocycles. The monoisotopic (exact) mass is 1420 g/mol. The van der Waals surface area contributed by atoms with Gasteiger partial charge in [0.25, 0.3) is 0 Å². The van der Waals surface area contributed by atoms with E-state index in [2.05, 4.69) is 48.5 Å². The quantitative estimate of drug-likeness (QED) is 0.0222. The van der Waals surface area contributed by atoms with Gasteiger partial charge in [-0.25, -0.2) is 9.13 Å². The van der Waals surface area contributed by atoms with Crippen molar-refractivity contribution in [3.8, 4) is 0 Å². The number of esters is 4. The average molecular weight is 1420 g/mol. The van der Waals surface area contributed by atoms with Gasteiger partial charge in [-0.1, -0.05) is 350 Å². The SMILES string of the molecule is CCCCCCCCCCCCC(=O)OC[C@H](COP(=O)(O)OC[C@H](O)COP(=O)(O)OC[C@@H](COC(=O)CCCCCCCCCCCCCC(C)C)OC(=O)CCCCCCCCCCCCCCCCCCC(C)C)OC(=O)CCCCCCCCCCCCC(C)CC. The third kappa shape index (κ3) is 70.9. The number of unbranched alkanes of at least 4 members (excludes halogenated alkanes) is 43. The lowest BCUT2D eigenvalue weighted by Crippen LogP contribution is -2.30. The number of carbonyl (C=O) groups excluding carboxylic acids is 4. The van der Waals surface area contributed by atoms with Crippen molar-refractivity contribution in [1.82, 2.24) is 0 Å². The predicted molar refractivity (Wildman–Crippen MR) is 395 cm³/mol. The molecular formula is C78H152O17P2. The molecule has 0 saturated heterocycles. The molecule has 97 heavy (non-hydrogen) atoms. The van der Waals surface area contributed by atoms with Gasteiger partial charge in [-0.3, -0.25) is 37.3 Å². The van der Waals surface area contributed by atoms with Crippen molar-refractivity contribution >= 4 is 39.5 Å². The normalized spacial score (nSPS) is 14.3. The minimum atomic E-state index is -4.96. The van der Waals surface area contributed by atoms with Crippen molar-refractivity contribution in [1.29, 1.82) is 0 Å². The van der Waals surface area contributed by atoms with Gasteiger partial charge in [-0.15, -0.1) is 0 Å². The lowest BCUT2D eigenvalue weighted by molar-refractivity contribution is -0.161. The van der Waals surface area contributed by atoms with Crippen molar-refractivity contribution in [2.75, 3.05) is 39.6 Å². The summed E-state index contributed by atoms with van der Waals surface area (Å²) >= 11 is 0. The van der Waals surface area contributed by atoms with E-state index in [0.29, 0.717) is 25.7 Å². The van der Waals surface area contributed by atoms with Gasteiger partial charge < -0.3 is 33.8 Å². The van der Waals surface area contributed by atoms with Crippen LogP contribution in [0.1, 0.15) is 402 Å². The van der Waals surface area contributed by atoms with E-state index < -0.39 is 97.5 Å². The van der Waals surface area contributed by atoms with Crippen LogP contribution >= 0.6 is 15.6 Å². The van der Waals surface area contributed by atoms with Crippen LogP contribution in [0.2, 0.25) is 0 Å². The molecule has 0 heterocycles. The van der Waals surface area contributed by atoms with Crippen LogP contribution in [-0.2, 0) is 65.4 Å². The molecule has 0 fully saturated rings. The Bertz CT molecular complexity index is 1890. The highest BCUT2D eigenvalue weighted by Gasteiger charge is 2.30. The van der Waals surface area contributed by atoms with E-state index in [4.69, 9.17) is 37.0 Å². The zero-order valence-corrected chi connectivity index (χ0v) is 65.3. The van der Waals surface area contributed by atoms with E-state index in [1.54, 1.807) is 0 Å². The van der Waals surface area contributed by atoms with Gasteiger partial charge in [0.1, 0.15) is 19.3 Å². The third-order valence-corrected chi connectivity index (χ3v) is 20.4. The molecule has 0 aromatic carbocycles. The van der Waals surface area contributed by atoms with E-state index >= 15 is 0 Å². The number of rotatable bonds is 76. The maximum Gasteiger partial charge on any atom is 0.472 e. The number of hydrogen-bond acceptors (Lipinski definition) is 15. The van der Waals surface area contributed by atoms with E-state index in [-0.39, 0.29) is 25.7 Å². The highest BCUT2D eigenvalue weighted by molar-refractivity contribution is 7.47. The first kappa shape index (κ1) is 95.1. The van der Waals surface area contributed by atoms with Crippen LogP contribution in [0.5, 0.6) is 0 Å². The van der Waals surface area contributed by atoms with Crippen LogP contribution < -0.4 is 0 Å². The fourth-order valence-electron chi connectivity index (χ4n) is 11.9. The summed E-state index contributed by atoms with van der Waals surface area (Å²) in [5.41, 5.74) is 0. The molecule has 0 aliphatic carbocycles. The maximum atomic E-state index is 13.1. The van der Waals surface area contributed by atoms with Crippen molar-refractivity contribution in [3.05, 3.63) is 0 Å². The Morgan fingerprint density at radius 2 is 0.526 bits per heavy atom. The summed E-state index contributed by atoms with van der Waals surface area (Å²) in [5.74, 6) is 0.269. The number of phosphoric ester groups is 2. The molecule has 0 saturated carbocycles. The Kier molecular flexibility index (Phi) is 67.1. The van der Waals surface area contributed by atoms with Crippen molar-refractivity contribution in [2.45, 2.75) is 420 Å². The van der Waals surface area contributed by atoms with Gasteiger partial charge in [-0.05, 0) is 43.4 Å². The molecule has 0 amide bonds. The minimum absolute atomic E-state index is 0.106. The Balaban J connectivity index is 5.24. The first-order valence-electron chi connectivity index (χ1n) is 40.4. The number of carbonyl (C=O) groups is 4. The second-order valence-electron chi connectivity index (χ2n) is 29.3. The van der Waals surface area contributed by atoms with Gasteiger partial charge in [0.05, 0.1) is 26.4 Å². The number of ether oxygens (including phenoxy) is 4. The summed E-state index contributed by atoms with van der Waals surface area (Å²) in [6.07, 6.45) is 55.3. The molecule has 0 radical (unpaired) electrons. The summed E-state index contributed by atoms with van der Waals surface area (Å²) in [7, 11) is -9.91. The Labute approximate surface area is 594 Å². The van der Waals surface area contributed by atoms with Crippen LogP contribution in [-0.4, -0.2) is 96.7 Å². The molecule has 0 aliphatic rings. The standard InChI is InChI=1S/C78H152O17P2/c1-8-10-11-12-13-14-31-38-45-52-59-75(80)88-65-73(95-78(83)62-55-48-41-34-27-26-30-37-44-51-58-71(7)9-2)67-92-96(84,85)90-63-72(79)64-91-97(86,87)93-68-74(66-89-76(81)60-53-46-39-32-25-21-23-29-36-43-50-57-70(5)6)94-77(82)61-54-47-40-33-24-20-18-16-15-17-19-22-28-35-42-49-56-69(3)4/h69-74,79H,8-68H2,1-7H3,(H,84,85)(H,86,87)/t71?,72-,73+,74+/m0/s1. The molecule has 0 aromatic rings. The number of phosphoric acid groups is 2. The van der Waals surface area contributed by atoms with Gasteiger partial charge in [0.2, 0.25) is 0 Å². The average Bonchev–Trinajstić information content (AvgIpc) is 1.14. The summed E-state index contributed by atoms with van der Waals surface area (Å²) < 4.78 is 68.6. The van der Waals surface area contributed by atoms with Gasteiger partial charge in [0.15, 0.2) is 12.2 Å². The Hall–Kier alpha value is -1.94. The zero-order valence-electron chi connectivity index (χ0n) is 63.5. The fourth-order valence-corrected chi connectivity index (χ4v) is 13.5. The molecule has 576 valence electrons. The predicted octanol–water partition coefficient (Wildman–Crippen LogP) is 23.0. The maximum absolute atomic E-state index is 13.1. The van der Waals surface area contributed by atoms with Crippen LogP contribution in [0.25, 0.3) is 0 Å². The first-order chi connectivity index (χ1) is 46.8. The molecule has 0 aliphatic heterocycles. The third-order valence-electron chi connectivity index (χ3n) is 18.5. The second kappa shape index (κ2) is 68.5. The van der Waals surface area contributed by atoms with Crippen LogP contribution in [0.3, 0.4) is 0 Å². The number of aliphatic hydroxyl groups excluding tert-OH is 1. The highest BCUT2D eigenvalue weighted by Crippen LogP contribution is 2.45. The van der Waals surface area contributed by atoms with Crippen molar-refractivity contribution in [3.63, 3.8) is 0 Å². The van der Waals surface area contributed by atoms with Gasteiger partial charge >= 0.3 is 39.5 Å². The van der Waals surface area contributed by atoms with E-state index in [1.165, 1.54) is 212 Å². The molecule has 6 atom stereocenters. The van der Waals surface area contributed by atoms with Gasteiger partial charge in [-0.2, -0.15) is 0 Å². The van der Waals surface area contributed by atoms with E-state index in [9.17, 15) is 43.2 Å². The molecule has 19 heteroatoms. The molecular weight excluding hydrogens is 1270 g/mol. The van der Waals surface area contributed by atoms with E-state index in [0.717, 1.165) is 108 Å². The molecule has 0 spiro atoms. The largest absolute Gasteiger partial charge is 0.472 e. The molecule has 0 bridgehead atoms. The molecule has 0 rings (SSSR count). The van der Waals surface area contributed by atoms with Crippen LogP contribution in [0.15, 0.2) is 0 Å². The van der Waals surface area contributed by atoms with Crippen LogP contribution in [0.4, 0.5) is 0 Å². The Morgan fingerprint density at radius 3 is 0.784 bits per heavy atom. The second-order valence-corrected chi connectivity index (χ2v) is 32.2. The number of hydrogen-bond donors (Lipinski definition) is 3. The fraction of sp³-hybridized carbons (Fsp3) is 0.949. The highest BCUT2D eigenvalue weighted by atomic mass is 31.2. The summed E-state index contributed by atoms with van der Waals surface area (Å²) in [6.45, 7) is 12.0. The molecule has 3 N–H and O–H groups in total. The summed E-state index contributed by atoms with van der Waals surface area (Å²) in [4.78, 5) is 72.9. The summed E-state index contributed by atoms with van der Waals surface area (Å²) in [5, 5.41) is 10.6. The molecule has 17 nitrogen and oxygen atoms in total. The first-order valence-corrected chi connectivity index (χ1v) is 43.4. The topological polar surface area (TPSA) is 237 Å². The van der Waals surface area contributed by atoms with Gasteiger partial charge in [0, 0.05) is 25.7 Å². The smallest absolute Gasteiger partial charge is 0.462 e. The number of aliphatic hydroxyl groups is 1. The zero-order chi connectivity index (χ0) is 71.6. The minimum Gasteiger partial charge on any atom is -0.462 e. The van der Waals surface area contributed by atoms with E-state index in [1.807, 2.05) is 0 Å². The molecule has 3 unspecified atom stereocenters. The summed E-state index contributed by atoms with van der Waals surface area (Å²) in [6, 6.07) is 0. The Morgan fingerprint density at radius 1 is 0.299 bits per heavy atom. The van der Waals surface area contributed by atoms with Crippen LogP contribution in [0, 0.1) is 17.8 Å². The van der Waals surface area contributed by atoms with Crippen molar-refractivity contribution in [2.24, 2.45) is 17.8 Å². The lowest BCUT2D eigenvalue weighted by atomic mass is 9.99.